The van der Waals surface area contributed by atoms with E-state index in [0.29, 0.717) is 19.1 Å². The standard InChI is InChI=1S/C14H20N4O2/c19-14(15-8-11-5-6-17-18-11)16-9-12-7-10-3-1-2-4-13(10)20-12/h1-4,11-12,17-18H,5-9H2,(H2,15,16,19). The van der Waals surface area contributed by atoms with E-state index in [-0.39, 0.29) is 12.1 Å². The van der Waals surface area contributed by atoms with Crippen LogP contribution in [0.3, 0.4) is 0 Å². The van der Waals surface area contributed by atoms with E-state index in [1.54, 1.807) is 0 Å². The number of hydrazine groups is 1. The lowest BCUT2D eigenvalue weighted by Crippen LogP contribution is -2.46. The second kappa shape index (κ2) is 6.11. The fraction of sp³-hybridized carbons (Fsp3) is 0.500. The Bertz CT molecular complexity index is 449. The van der Waals surface area contributed by atoms with Gasteiger partial charge in [0.1, 0.15) is 11.9 Å². The molecule has 2 aliphatic heterocycles. The summed E-state index contributed by atoms with van der Waals surface area (Å²) in [4.78, 5) is 11.7. The third-order valence-electron chi connectivity index (χ3n) is 3.64. The van der Waals surface area contributed by atoms with Crippen LogP contribution in [0.1, 0.15) is 12.0 Å². The van der Waals surface area contributed by atoms with Crippen LogP contribution in [0.5, 0.6) is 5.75 Å². The molecule has 6 nitrogen and oxygen atoms in total. The predicted molar refractivity (Wildman–Crippen MR) is 75.5 cm³/mol. The molecule has 4 N–H and O–H groups in total. The maximum Gasteiger partial charge on any atom is 0.314 e. The minimum absolute atomic E-state index is 0.0319. The van der Waals surface area contributed by atoms with Gasteiger partial charge in [-0.1, -0.05) is 18.2 Å². The molecule has 0 radical (unpaired) electrons. The summed E-state index contributed by atoms with van der Waals surface area (Å²) in [7, 11) is 0. The van der Waals surface area contributed by atoms with Crippen molar-refractivity contribution in [2.45, 2.75) is 25.0 Å². The fourth-order valence-electron chi connectivity index (χ4n) is 2.54. The average molecular weight is 276 g/mol. The topological polar surface area (TPSA) is 74.4 Å². The number of nitrogens with one attached hydrogen (secondary N) is 4. The molecule has 2 aliphatic rings. The van der Waals surface area contributed by atoms with E-state index in [9.17, 15) is 4.79 Å². The maximum absolute atomic E-state index is 11.7. The van der Waals surface area contributed by atoms with Crippen LogP contribution in [0, 0.1) is 0 Å². The van der Waals surface area contributed by atoms with Gasteiger partial charge in [-0.3, -0.25) is 10.9 Å². The molecule has 1 aromatic rings. The molecule has 2 atom stereocenters. The summed E-state index contributed by atoms with van der Waals surface area (Å²) in [6.45, 7) is 2.10. The van der Waals surface area contributed by atoms with Crippen molar-refractivity contribution in [1.29, 1.82) is 0 Å². The number of carbonyl (C=O) groups excluding carboxylic acids is 1. The molecule has 1 fully saturated rings. The van der Waals surface area contributed by atoms with Crippen molar-refractivity contribution in [3.63, 3.8) is 0 Å². The smallest absolute Gasteiger partial charge is 0.314 e. The zero-order valence-corrected chi connectivity index (χ0v) is 11.3. The summed E-state index contributed by atoms with van der Waals surface area (Å²) in [6.07, 6.45) is 1.91. The van der Waals surface area contributed by atoms with Gasteiger partial charge in [-0.25, -0.2) is 4.79 Å². The van der Waals surface area contributed by atoms with Gasteiger partial charge >= 0.3 is 6.03 Å². The van der Waals surface area contributed by atoms with Crippen molar-refractivity contribution in [2.24, 2.45) is 0 Å². The van der Waals surface area contributed by atoms with Crippen molar-refractivity contribution in [2.75, 3.05) is 19.6 Å². The molecule has 2 amide bonds. The number of para-hydroxylation sites is 1. The lowest BCUT2D eigenvalue weighted by Gasteiger charge is -2.14. The van der Waals surface area contributed by atoms with Gasteiger partial charge in [0.15, 0.2) is 0 Å². The Morgan fingerprint density at radius 3 is 2.95 bits per heavy atom. The average Bonchev–Trinajstić information content (AvgIpc) is 3.11. The zero-order chi connectivity index (χ0) is 13.8. The number of rotatable bonds is 4. The highest BCUT2D eigenvalue weighted by Crippen LogP contribution is 2.27. The van der Waals surface area contributed by atoms with Gasteiger partial charge in [-0.05, 0) is 18.1 Å². The number of fused-ring (bicyclic) bond motifs is 1. The zero-order valence-electron chi connectivity index (χ0n) is 11.3. The summed E-state index contributed by atoms with van der Waals surface area (Å²) in [5.41, 5.74) is 7.35. The number of amides is 2. The Labute approximate surface area is 118 Å². The molecule has 0 bridgehead atoms. The lowest BCUT2D eigenvalue weighted by molar-refractivity contribution is 0.213. The monoisotopic (exact) mass is 276 g/mol. The molecule has 6 heteroatoms. The molecular weight excluding hydrogens is 256 g/mol. The first-order chi connectivity index (χ1) is 9.81. The molecule has 1 saturated heterocycles. The number of hydrogen-bond donors (Lipinski definition) is 4. The summed E-state index contributed by atoms with van der Waals surface area (Å²) in [6, 6.07) is 8.17. The Morgan fingerprint density at radius 2 is 2.15 bits per heavy atom. The highest BCUT2D eigenvalue weighted by Gasteiger charge is 2.22. The van der Waals surface area contributed by atoms with Crippen LogP contribution in [-0.4, -0.2) is 37.8 Å². The summed E-state index contributed by atoms with van der Waals surface area (Å²) in [5.74, 6) is 0.931. The molecule has 108 valence electrons. The Hall–Kier alpha value is -1.79. The van der Waals surface area contributed by atoms with Crippen LogP contribution < -0.4 is 26.2 Å². The molecule has 0 aromatic heterocycles. The van der Waals surface area contributed by atoms with Crippen molar-refractivity contribution >= 4 is 6.03 Å². The molecule has 0 aliphatic carbocycles. The molecule has 0 saturated carbocycles. The van der Waals surface area contributed by atoms with E-state index in [2.05, 4.69) is 27.6 Å². The molecule has 3 rings (SSSR count). The molecule has 2 unspecified atom stereocenters. The highest BCUT2D eigenvalue weighted by atomic mass is 16.5. The van der Waals surface area contributed by atoms with E-state index in [1.807, 2.05) is 18.2 Å². The number of benzene rings is 1. The van der Waals surface area contributed by atoms with Gasteiger partial charge in [-0.15, -0.1) is 0 Å². The van der Waals surface area contributed by atoms with Gasteiger partial charge in [0.05, 0.1) is 6.54 Å². The Kier molecular flexibility index (Phi) is 4.03. The van der Waals surface area contributed by atoms with Crippen LogP contribution in [-0.2, 0) is 6.42 Å². The minimum atomic E-state index is -0.141. The Balaban J connectivity index is 1.36. The van der Waals surface area contributed by atoms with E-state index in [1.165, 1.54) is 5.56 Å². The van der Waals surface area contributed by atoms with Crippen LogP contribution >= 0.6 is 0 Å². The summed E-state index contributed by atoms with van der Waals surface area (Å²) >= 11 is 0. The summed E-state index contributed by atoms with van der Waals surface area (Å²) < 4.78 is 5.77. The predicted octanol–water partition coefficient (Wildman–Crippen LogP) is 0.156. The van der Waals surface area contributed by atoms with E-state index < -0.39 is 0 Å². The highest BCUT2D eigenvalue weighted by molar-refractivity contribution is 5.73. The first-order valence-corrected chi connectivity index (χ1v) is 7.06. The SMILES string of the molecule is O=C(NCC1CCNN1)NCC1Cc2ccccc2O1. The quantitative estimate of drug-likeness (QED) is 0.632. The summed E-state index contributed by atoms with van der Waals surface area (Å²) in [5, 5.41) is 5.72. The second-order valence-corrected chi connectivity index (χ2v) is 5.20. The van der Waals surface area contributed by atoms with E-state index in [4.69, 9.17) is 4.74 Å². The van der Waals surface area contributed by atoms with Crippen LogP contribution in [0.15, 0.2) is 24.3 Å². The molecule has 0 spiro atoms. The first kappa shape index (κ1) is 13.2. The van der Waals surface area contributed by atoms with Gasteiger partial charge in [0.25, 0.3) is 0 Å². The molecule has 2 heterocycles. The van der Waals surface area contributed by atoms with E-state index in [0.717, 1.165) is 25.1 Å². The van der Waals surface area contributed by atoms with Gasteiger partial charge in [0.2, 0.25) is 0 Å². The normalized spacial score (nSPS) is 24.0. The van der Waals surface area contributed by atoms with Crippen molar-refractivity contribution < 1.29 is 9.53 Å². The third kappa shape index (κ3) is 3.20. The second-order valence-electron chi connectivity index (χ2n) is 5.20. The van der Waals surface area contributed by atoms with Gasteiger partial charge in [-0.2, -0.15) is 0 Å². The molecule has 1 aromatic carbocycles. The van der Waals surface area contributed by atoms with Crippen molar-refractivity contribution in [1.82, 2.24) is 21.5 Å². The first-order valence-electron chi connectivity index (χ1n) is 7.06. The van der Waals surface area contributed by atoms with Crippen molar-refractivity contribution in [3.8, 4) is 5.75 Å². The molecular formula is C14H20N4O2. The van der Waals surface area contributed by atoms with Crippen LogP contribution in [0.25, 0.3) is 0 Å². The van der Waals surface area contributed by atoms with E-state index >= 15 is 0 Å². The fourth-order valence-corrected chi connectivity index (χ4v) is 2.54. The van der Waals surface area contributed by atoms with Gasteiger partial charge < -0.3 is 15.4 Å². The largest absolute Gasteiger partial charge is 0.488 e. The lowest BCUT2D eigenvalue weighted by atomic mass is 10.1. The Morgan fingerprint density at radius 1 is 1.30 bits per heavy atom. The van der Waals surface area contributed by atoms with Crippen molar-refractivity contribution in [3.05, 3.63) is 29.8 Å². The van der Waals surface area contributed by atoms with Gasteiger partial charge in [0, 0.05) is 25.6 Å². The number of hydrogen-bond acceptors (Lipinski definition) is 4. The number of carbonyl (C=O) groups is 1. The molecule has 20 heavy (non-hydrogen) atoms. The maximum atomic E-state index is 11.7. The number of ether oxygens (including phenoxy) is 1. The minimum Gasteiger partial charge on any atom is -0.488 e. The third-order valence-corrected chi connectivity index (χ3v) is 3.64. The van der Waals surface area contributed by atoms with Crippen LogP contribution in [0.4, 0.5) is 4.79 Å². The number of urea groups is 1. The van der Waals surface area contributed by atoms with Crippen LogP contribution in [0.2, 0.25) is 0 Å².